The van der Waals surface area contributed by atoms with E-state index in [1.807, 2.05) is 42.5 Å². The minimum atomic E-state index is 0.105. The highest BCUT2D eigenvalue weighted by Gasteiger charge is 2.11. The Balaban J connectivity index is 2.02. The molecule has 0 N–H and O–H groups in total. The van der Waals surface area contributed by atoms with E-state index in [-0.39, 0.29) is 5.78 Å². The molecule has 1 heteroatoms. The molecule has 0 aromatic heterocycles. The van der Waals surface area contributed by atoms with Gasteiger partial charge < -0.3 is 0 Å². The smallest absolute Gasteiger partial charge is 0.193 e. The number of carbonyl (C=O) groups excluding carboxylic acids is 1. The summed E-state index contributed by atoms with van der Waals surface area (Å²) in [6, 6.07) is 17.7. The fourth-order valence-electron chi connectivity index (χ4n) is 3.13. The predicted molar refractivity (Wildman–Crippen MR) is 97.9 cm³/mol. The van der Waals surface area contributed by atoms with Crippen molar-refractivity contribution in [2.75, 3.05) is 0 Å². The molecule has 0 spiro atoms. The Morgan fingerprint density at radius 3 is 2.09 bits per heavy atom. The molecule has 0 amide bonds. The van der Waals surface area contributed by atoms with Crippen LogP contribution in [-0.4, -0.2) is 5.78 Å². The number of hydrogen-bond acceptors (Lipinski definition) is 1. The summed E-state index contributed by atoms with van der Waals surface area (Å²) >= 11 is 0. The van der Waals surface area contributed by atoms with Crippen LogP contribution in [0.2, 0.25) is 0 Å². The molecule has 2 rings (SSSR count). The second-order valence-corrected chi connectivity index (χ2v) is 6.39. The molecule has 122 valence electrons. The maximum absolute atomic E-state index is 12.4. The van der Waals surface area contributed by atoms with Gasteiger partial charge in [-0.1, -0.05) is 101 Å². The maximum Gasteiger partial charge on any atom is 0.193 e. The van der Waals surface area contributed by atoms with Crippen molar-refractivity contribution in [3.8, 4) is 0 Å². The van der Waals surface area contributed by atoms with E-state index in [9.17, 15) is 4.79 Å². The van der Waals surface area contributed by atoms with E-state index in [1.54, 1.807) is 0 Å². The van der Waals surface area contributed by atoms with Crippen molar-refractivity contribution < 1.29 is 4.79 Å². The van der Waals surface area contributed by atoms with Crippen LogP contribution in [0.1, 0.15) is 67.4 Å². The van der Waals surface area contributed by atoms with Crippen LogP contribution in [0, 0.1) is 5.92 Å². The Morgan fingerprint density at radius 1 is 0.826 bits per heavy atom. The van der Waals surface area contributed by atoms with Crippen LogP contribution in [0.3, 0.4) is 0 Å². The minimum Gasteiger partial charge on any atom is -0.289 e. The van der Waals surface area contributed by atoms with Gasteiger partial charge in [0, 0.05) is 11.1 Å². The van der Waals surface area contributed by atoms with Crippen LogP contribution in [0.25, 0.3) is 0 Å². The molecule has 0 bridgehead atoms. The van der Waals surface area contributed by atoms with Gasteiger partial charge in [0.25, 0.3) is 0 Å². The molecule has 2 aromatic carbocycles. The molecule has 1 atom stereocenters. The molecule has 1 nitrogen and oxygen atoms in total. The van der Waals surface area contributed by atoms with E-state index in [0.717, 1.165) is 23.5 Å². The SMILES string of the molecule is CCCCC(CCC)Cc1ccc(C(=O)c2ccccc2)cc1. The highest BCUT2D eigenvalue weighted by molar-refractivity contribution is 6.08. The molecular formula is C22H28O. The Bertz CT molecular complexity index is 583. The zero-order chi connectivity index (χ0) is 16.5. The monoisotopic (exact) mass is 308 g/mol. The topological polar surface area (TPSA) is 17.1 Å². The van der Waals surface area contributed by atoms with Crippen LogP contribution >= 0.6 is 0 Å². The van der Waals surface area contributed by atoms with Crippen molar-refractivity contribution in [2.24, 2.45) is 5.92 Å². The third kappa shape index (κ3) is 5.35. The van der Waals surface area contributed by atoms with Gasteiger partial charge in [0.1, 0.15) is 0 Å². The lowest BCUT2D eigenvalue weighted by molar-refractivity contribution is 0.103. The molecule has 1 unspecified atom stereocenters. The predicted octanol–water partition coefficient (Wildman–Crippen LogP) is 6.07. The van der Waals surface area contributed by atoms with Gasteiger partial charge in [-0.15, -0.1) is 0 Å². The molecule has 0 saturated heterocycles. The summed E-state index contributed by atoms with van der Waals surface area (Å²) in [7, 11) is 0. The summed E-state index contributed by atoms with van der Waals surface area (Å²) in [5, 5.41) is 0. The van der Waals surface area contributed by atoms with E-state index < -0.39 is 0 Å². The van der Waals surface area contributed by atoms with E-state index >= 15 is 0 Å². The summed E-state index contributed by atoms with van der Waals surface area (Å²) in [4.78, 5) is 12.4. The molecule has 0 radical (unpaired) electrons. The first-order chi connectivity index (χ1) is 11.2. The van der Waals surface area contributed by atoms with E-state index in [2.05, 4.69) is 26.0 Å². The standard InChI is InChI=1S/C22H28O/c1-3-5-10-18(9-4-2)17-19-13-15-21(16-14-19)22(23)20-11-7-6-8-12-20/h6-8,11-16,18H,3-5,9-10,17H2,1-2H3. The van der Waals surface area contributed by atoms with Gasteiger partial charge in [0.15, 0.2) is 5.78 Å². The van der Waals surface area contributed by atoms with Gasteiger partial charge in [0.05, 0.1) is 0 Å². The molecular weight excluding hydrogens is 280 g/mol. The maximum atomic E-state index is 12.4. The fourth-order valence-corrected chi connectivity index (χ4v) is 3.13. The first kappa shape index (κ1) is 17.5. The van der Waals surface area contributed by atoms with Crippen molar-refractivity contribution in [2.45, 2.75) is 52.4 Å². The quantitative estimate of drug-likeness (QED) is 0.514. The highest BCUT2D eigenvalue weighted by atomic mass is 16.1. The van der Waals surface area contributed by atoms with Gasteiger partial charge in [0.2, 0.25) is 0 Å². The van der Waals surface area contributed by atoms with Crippen LogP contribution < -0.4 is 0 Å². The molecule has 0 aliphatic carbocycles. The molecule has 2 aromatic rings. The molecule has 23 heavy (non-hydrogen) atoms. The largest absolute Gasteiger partial charge is 0.289 e. The Hall–Kier alpha value is -1.89. The average Bonchev–Trinajstić information content (AvgIpc) is 2.60. The molecule has 0 fully saturated rings. The molecule has 0 heterocycles. The number of unbranched alkanes of at least 4 members (excludes halogenated alkanes) is 1. The zero-order valence-electron chi connectivity index (χ0n) is 14.4. The lowest BCUT2D eigenvalue weighted by atomic mass is 9.90. The van der Waals surface area contributed by atoms with E-state index in [1.165, 1.54) is 37.7 Å². The summed E-state index contributed by atoms with van der Waals surface area (Å²) in [6.45, 7) is 4.52. The lowest BCUT2D eigenvalue weighted by Gasteiger charge is -2.16. The molecule has 0 aliphatic rings. The van der Waals surface area contributed by atoms with Crippen LogP contribution in [0.5, 0.6) is 0 Å². The Labute approximate surface area is 140 Å². The van der Waals surface area contributed by atoms with E-state index in [0.29, 0.717) is 0 Å². The van der Waals surface area contributed by atoms with Gasteiger partial charge in [-0.05, 0) is 17.9 Å². The summed E-state index contributed by atoms with van der Waals surface area (Å²) in [5.74, 6) is 0.879. The first-order valence-corrected chi connectivity index (χ1v) is 8.93. The average molecular weight is 308 g/mol. The molecule has 0 aliphatic heterocycles. The number of benzene rings is 2. The van der Waals surface area contributed by atoms with Crippen molar-refractivity contribution in [1.82, 2.24) is 0 Å². The number of rotatable bonds is 9. The normalized spacial score (nSPS) is 12.1. The van der Waals surface area contributed by atoms with Gasteiger partial charge in [-0.3, -0.25) is 4.79 Å². The van der Waals surface area contributed by atoms with Crippen molar-refractivity contribution >= 4 is 5.78 Å². The van der Waals surface area contributed by atoms with Crippen LogP contribution in [0.4, 0.5) is 0 Å². The number of ketones is 1. The van der Waals surface area contributed by atoms with Gasteiger partial charge in [-0.25, -0.2) is 0 Å². The van der Waals surface area contributed by atoms with Gasteiger partial charge in [-0.2, -0.15) is 0 Å². The second kappa shape index (κ2) is 9.29. The summed E-state index contributed by atoms with van der Waals surface area (Å²) in [5.41, 5.74) is 2.89. The molecule has 0 saturated carbocycles. The minimum absolute atomic E-state index is 0.105. The van der Waals surface area contributed by atoms with Crippen molar-refractivity contribution in [3.63, 3.8) is 0 Å². The highest BCUT2D eigenvalue weighted by Crippen LogP contribution is 2.21. The van der Waals surface area contributed by atoms with Crippen molar-refractivity contribution in [3.05, 3.63) is 71.3 Å². The number of carbonyl (C=O) groups is 1. The summed E-state index contributed by atoms with van der Waals surface area (Å²) in [6.07, 6.45) is 7.58. The first-order valence-electron chi connectivity index (χ1n) is 8.93. The fraction of sp³-hybridized carbons (Fsp3) is 0.409. The lowest BCUT2D eigenvalue weighted by Crippen LogP contribution is -2.05. The van der Waals surface area contributed by atoms with Crippen LogP contribution in [-0.2, 0) is 6.42 Å². The summed E-state index contributed by atoms with van der Waals surface area (Å²) < 4.78 is 0. The third-order valence-corrected chi connectivity index (χ3v) is 4.44. The Morgan fingerprint density at radius 2 is 1.48 bits per heavy atom. The van der Waals surface area contributed by atoms with E-state index in [4.69, 9.17) is 0 Å². The Kier molecular flexibility index (Phi) is 7.06. The van der Waals surface area contributed by atoms with Crippen molar-refractivity contribution in [1.29, 1.82) is 0 Å². The van der Waals surface area contributed by atoms with Crippen LogP contribution in [0.15, 0.2) is 54.6 Å². The number of hydrogen-bond donors (Lipinski definition) is 0. The second-order valence-electron chi connectivity index (χ2n) is 6.39. The zero-order valence-corrected chi connectivity index (χ0v) is 14.4. The third-order valence-electron chi connectivity index (χ3n) is 4.44. The van der Waals surface area contributed by atoms with Gasteiger partial charge >= 0.3 is 0 Å².